The summed E-state index contributed by atoms with van der Waals surface area (Å²) < 4.78 is 55.1. The van der Waals surface area contributed by atoms with Gasteiger partial charge in [0, 0.05) is 18.8 Å². The number of pyridine rings is 1. The Morgan fingerprint density at radius 3 is 2.52 bits per heavy atom. The number of rotatable bonds is 5. The van der Waals surface area contributed by atoms with Gasteiger partial charge >= 0.3 is 6.18 Å². The van der Waals surface area contributed by atoms with E-state index in [2.05, 4.69) is 15.0 Å². The van der Waals surface area contributed by atoms with Crippen LogP contribution in [0.3, 0.4) is 0 Å². The Kier molecular flexibility index (Phi) is 4.71. The summed E-state index contributed by atoms with van der Waals surface area (Å²) in [5.74, 6) is -0.428. The van der Waals surface area contributed by atoms with Crippen LogP contribution in [-0.4, -0.2) is 26.7 Å². The van der Waals surface area contributed by atoms with Gasteiger partial charge in [0.1, 0.15) is 17.2 Å². The van der Waals surface area contributed by atoms with Crippen LogP contribution in [0.5, 0.6) is 0 Å². The number of hydrogen-bond acceptors (Lipinski definition) is 3. The number of nitrogens with two attached hydrogens (primary N) is 1. The van der Waals surface area contributed by atoms with Crippen LogP contribution in [0.4, 0.5) is 17.6 Å². The predicted molar refractivity (Wildman–Crippen MR) is 94.6 cm³/mol. The van der Waals surface area contributed by atoms with Gasteiger partial charge in [0.15, 0.2) is 0 Å². The summed E-state index contributed by atoms with van der Waals surface area (Å²) in [5, 5.41) is 0. The zero-order chi connectivity index (χ0) is 19.9. The standard InChI is InChI=1S/C19H20F4N4/c1-17(2,12-4-3-7-25-10-12)11-18(24,19(21,22)23)9-16-26-14-6-5-13(20)8-15(14)27-16/h3-8,10H,9,11,24H2,1-2H3,(H,26,27). The Balaban J connectivity index is 1.94. The van der Waals surface area contributed by atoms with Gasteiger partial charge in [0.25, 0.3) is 0 Å². The molecule has 1 atom stereocenters. The molecule has 4 nitrogen and oxygen atoms in total. The Morgan fingerprint density at radius 2 is 1.89 bits per heavy atom. The molecular formula is C19H20F4N4. The molecule has 0 aliphatic carbocycles. The third-order valence-electron chi connectivity index (χ3n) is 4.74. The maximum absolute atomic E-state index is 13.9. The van der Waals surface area contributed by atoms with Crippen molar-refractivity contribution in [2.75, 3.05) is 0 Å². The summed E-state index contributed by atoms with van der Waals surface area (Å²) in [6.45, 7) is 3.40. The van der Waals surface area contributed by atoms with Crippen LogP contribution >= 0.6 is 0 Å². The molecule has 2 heterocycles. The molecule has 3 rings (SSSR count). The Labute approximate surface area is 153 Å². The molecule has 3 N–H and O–H groups in total. The second-order valence-corrected chi connectivity index (χ2v) is 7.48. The number of benzene rings is 1. The summed E-state index contributed by atoms with van der Waals surface area (Å²) in [6.07, 6.45) is -2.46. The Hall–Kier alpha value is -2.48. The molecule has 0 aliphatic rings. The second-order valence-electron chi connectivity index (χ2n) is 7.48. The fourth-order valence-electron chi connectivity index (χ4n) is 3.33. The average Bonchev–Trinajstić information content (AvgIpc) is 2.95. The van der Waals surface area contributed by atoms with Gasteiger partial charge in [-0.15, -0.1) is 0 Å². The number of alkyl halides is 3. The molecule has 8 heteroatoms. The zero-order valence-electron chi connectivity index (χ0n) is 14.9. The number of halogens is 4. The summed E-state index contributed by atoms with van der Waals surface area (Å²) in [7, 11) is 0. The van der Waals surface area contributed by atoms with E-state index in [0.717, 1.165) is 0 Å². The lowest BCUT2D eigenvalue weighted by Gasteiger charge is -2.38. The van der Waals surface area contributed by atoms with Crippen LogP contribution < -0.4 is 5.73 Å². The van der Waals surface area contributed by atoms with Crippen LogP contribution in [0.15, 0.2) is 42.7 Å². The first kappa shape index (κ1) is 19.3. The minimum absolute atomic E-state index is 0.0670. The number of nitrogens with one attached hydrogen (secondary N) is 1. The second kappa shape index (κ2) is 6.60. The maximum atomic E-state index is 13.9. The van der Waals surface area contributed by atoms with Crippen molar-refractivity contribution in [1.82, 2.24) is 15.0 Å². The Morgan fingerprint density at radius 1 is 1.15 bits per heavy atom. The first-order valence-electron chi connectivity index (χ1n) is 8.40. The lowest BCUT2D eigenvalue weighted by atomic mass is 9.73. The lowest BCUT2D eigenvalue weighted by molar-refractivity contribution is -0.191. The molecule has 2 aromatic heterocycles. The zero-order valence-corrected chi connectivity index (χ0v) is 14.9. The van der Waals surface area contributed by atoms with Crippen molar-refractivity contribution in [3.63, 3.8) is 0 Å². The number of fused-ring (bicyclic) bond motifs is 1. The normalized spacial score (nSPS) is 15.1. The smallest absolute Gasteiger partial charge is 0.342 e. The van der Waals surface area contributed by atoms with Crippen molar-refractivity contribution in [2.24, 2.45) is 5.73 Å². The van der Waals surface area contributed by atoms with E-state index >= 15 is 0 Å². The topological polar surface area (TPSA) is 67.6 Å². The van der Waals surface area contributed by atoms with E-state index in [1.54, 1.807) is 38.4 Å². The van der Waals surface area contributed by atoms with Gasteiger partial charge in [0.2, 0.25) is 0 Å². The molecule has 0 saturated carbocycles. The fraction of sp³-hybridized carbons (Fsp3) is 0.368. The van der Waals surface area contributed by atoms with E-state index in [0.29, 0.717) is 16.6 Å². The van der Waals surface area contributed by atoms with E-state index in [9.17, 15) is 17.6 Å². The van der Waals surface area contributed by atoms with E-state index in [1.165, 1.54) is 18.2 Å². The van der Waals surface area contributed by atoms with Crippen LogP contribution in [0.2, 0.25) is 0 Å². The van der Waals surface area contributed by atoms with Gasteiger partial charge in [0.05, 0.1) is 11.0 Å². The van der Waals surface area contributed by atoms with Crippen LogP contribution in [-0.2, 0) is 11.8 Å². The summed E-state index contributed by atoms with van der Waals surface area (Å²) in [4.78, 5) is 10.9. The maximum Gasteiger partial charge on any atom is 0.406 e. The summed E-state index contributed by atoms with van der Waals surface area (Å²) >= 11 is 0. The molecule has 27 heavy (non-hydrogen) atoms. The highest BCUT2D eigenvalue weighted by Gasteiger charge is 2.54. The molecule has 0 amide bonds. The van der Waals surface area contributed by atoms with Crippen LogP contribution in [0.1, 0.15) is 31.7 Å². The predicted octanol–water partition coefficient (Wildman–Crippen LogP) is 4.27. The quantitative estimate of drug-likeness (QED) is 0.650. The third kappa shape index (κ3) is 3.95. The summed E-state index contributed by atoms with van der Waals surface area (Å²) in [5.41, 5.74) is 3.91. The fourth-order valence-corrected chi connectivity index (χ4v) is 3.33. The molecule has 0 fully saturated rings. The number of aromatic nitrogens is 3. The first-order chi connectivity index (χ1) is 12.5. The average molecular weight is 380 g/mol. The van der Waals surface area contributed by atoms with Gasteiger partial charge in [-0.1, -0.05) is 19.9 Å². The molecule has 144 valence electrons. The van der Waals surface area contributed by atoms with Crippen molar-refractivity contribution in [1.29, 1.82) is 0 Å². The van der Waals surface area contributed by atoms with E-state index in [1.807, 2.05) is 0 Å². The third-order valence-corrected chi connectivity index (χ3v) is 4.74. The molecule has 0 bridgehead atoms. The van der Waals surface area contributed by atoms with Crippen molar-refractivity contribution in [2.45, 2.75) is 43.8 Å². The van der Waals surface area contributed by atoms with E-state index in [-0.39, 0.29) is 12.2 Å². The molecule has 1 aromatic carbocycles. The van der Waals surface area contributed by atoms with Crippen LogP contribution in [0.25, 0.3) is 11.0 Å². The lowest BCUT2D eigenvalue weighted by Crippen LogP contribution is -2.58. The van der Waals surface area contributed by atoms with E-state index in [4.69, 9.17) is 5.73 Å². The van der Waals surface area contributed by atoms with Gasteiger partial charge < -0.3 is 10.7 Å². The number of nitrogens with zero attached hydrogens (tertiary/aromatic N) is 2. The Bertz CT molecular complexity index is 934. The highest BCUT2D eigenvalue weighted by molar-refractivity contribution is 5.74. The van der Waals surface area contributed by atoms with Crippen molar-refractivity contribution >= 4 is 11.0 Å². The first-order valence-corrected chi connectivity index (χ1v) is 8.40. The molecule has 3 aromatic rings. The number of imidazole rings is 1. The minimum atomic E-state index is -4.66. The highest BCUT2D eigenvalue weighted by atomic mass is 19.4. The van der Waals surface area contributed by atoms with E-state index < -0.39 is 29.4 Å². The van der Waals surface area contributed by atoms with Crippen molar-refractivity contribution in [3.8, 4) is 0 Å². The van der Waals surface area contributed by atoms with Gasteiger partial charge in [-0.2, -0.15) is 13.2 Å². The van der Waals surface area contributed by atoms with Crippen molar-refractivity contribution in [3.05, 3.63) is 59.9 Å². The number of aromatic amines is 1. The molecule has 0 saturated heterocycles. The molecule has 0 spiro atoms. The number of H-pyrrole nitrogens is 1. The van der Waals surface area contributed by atoms with Gasteiger partial charge in [-0.05, 0) is 41.7 Å². The van der Waals surface area contributed by atoms with Gasteiger partial charge in [-0.25, -0.2) is 9.37 Å². The largest absolute Gasteiger partial charge is 0.406 e. The molecule has 1 unspecified atom stereocenters. The summed E-state index contributed by atoms with van der Waals surface area (Å²) in [6, 6.07) is 7.22. The SMILES string of the molecule is CC(C)(CC(N)(Cc1nc2ccc(F)cc2[nH]1)C(F)(F)F)c1cccnc1. The molecular weight excluding hydrogens is 360 g/mol. The number of hydrogen-bond donors (Lipinski definition) is 2. The van der Waals surface area contributed by atoms with Gasteiger partial charge in [-0.3, -0.25) is 4.98 Å². The molecule has 0 radical (unpaired) electrons. The monoisotopic (exact) mass is 380 g/mol. The highest BCUT2D eigenvalue weighted by Crippen LogP contribution is 2.41. The van der Waals surface area contributed by atoms with Crippen molar-refractivity contribution < 1.29 is 17.6 Å². The molecule has 0 aliphatic heterocycles. The minimum Gasteiger partial charge on any atom is -0.342 e. The van der Waals surface area contributed by atoms with Crippen LogP contribution in [0, 0.1) is 5.82 Å².